The second-order valence-corrected chi connectivity index (χ2v) is 3.41. The lowest BCUT2D eigenvalue weighted by Crippen LogP contribution is -2.24. The van der Waals surface area contributed by atoms with Crippen LogP contribution in [0.3, 0.4) is 0 Å². The smallest absolute Gasteiger partial charge is 0.136 e. The second-order valence-electron chi connectivity index (χ2n) is 3.41. The fourth-order valence-corrected chi connectivity index (χ4v) is 1.73. The number of carbonyl (C=O) groups is 1. The fourth-order valence-electron chi connectivity index (χ4n) is 1.73. The predicted octanol–water partition coefficient (Wildman–Crippen LogP) is 2.57. The monoisotopic (exact) mass is 152 g/mol. The van der Waals surface area contributed by atoms with Gasteiger partial charge in [-0.2, -0.15) is 0 Å². The highest BCUT2D eigenvalue weighted by atomic mass is 16.1. The number of hydrogen-bond donors (Lipinski definition) is 0. The molecule has 0 heterocycles. The Labute approximate surface area is 68.5 Å². The molecule has 0 aromatic carbocycles. The largest absolute Gasteiger partial charge is 0.299 e. The molecule has 0 aromatic rings. The number of ketones is 1. The van der Waals surface area contributed by atoms with Gasteiger partial charge in [0.15, 0.2) is 0 Å². The molecule has 0 bridgehead atoms. The second kappa shape index (κ2) is 3.70. The van der Waals surface area contributed by atoms with Crippen LogP contribution in [0.1, 0.15) is 32.6 Å². The minimum atomic E-state index is 0.279. The zero-order chi connectivity index (χ0) is 8.27. The minimum Gasteiger partial charge on any atom is -0.299 e. The zero-order valence-corrected chi connectivity index (χ0v) is 7.18. The highest BCUT2D eigenvalue weighted by Gasteiger charge is 2.25. The Balaban J connectivity index is 2.53. The van der Waals surface area contributed by atoms with Gasteiger partial charge >= 0.3 is 0 Å². The number of allylic oxidation sites excluding steroid dienone is 1. The van der Waals surface area contributed by atoms with Crippen LogP contribution in [0.25, 0.3) is 0 Å². The maximum atomic E-state index is 11.3. The van der Waals surface area contributed by atoms with Gasteiger partial charge in [-0.25, -0.2) is 0 Å². The van der Waals surface area contributed by atoms with Gasteiger partial charge < -0.3 is 0 Å². The van der Waals surface area contributed by atoms with E-state index in [0.29, 0.717) is 11.7 Å². The lowest BCUT2D eigenvalue weighted by Gasteiger charge is -2.23. The van der Waals surface area contributed by atoms with Crippen molar-refractivity contribution in [1.29, 1.82) is 0 Å². The van der Waals surface area contributed by atoms with Gasteiger partial charge in [0.25, 0.3) is 0 Å². The van der Waals surface area contributed by atoms with Gasteiger partial charge in [0.2, 0.25) is 0 Å². The van der Waals surface area contributed by atoms with Crippen LogP contribution < -0.4 is 0 Å². The molecular formula is C10H16O. The van der Waals surface area contributed by atoms with E-state index in [1.54, 1.807) is 0 Å². The first-order valence-corrected chi connectivity index (χ1v) is 4.41. The molecule has 2 atom stereocenters. The summed E-state index contributed by atoms with van der Waals surface area (Å²) < 4.78 is 0. The van der Waals surface area contributed by atoms with E-state index in [1.165, 1.54) is 6.42 Å². The van der Waals surface area contributed by atoms with E-state index in [9.17, 15) is 4.79 Å². The van der Waals surface area contributed by atoms with Crippen molar-refractivity contribution < 1.29 is 4.79 Å². The molecule has 0 unspecified atom stereocenters. The molecule has 1 heteroatoms. The Morgan fingerprint density at radius 2 is 2.36 bits per heavy atom. The Kier molecular flexibility index (Phi) is 2.86. The Morgan fingerprint density at radius 1 is 1.64 bits per heavy atom. The summed E-state index contributed by atoms with van der Waals surface area (Å²) in [6.07, 6.45) is 6.08. The topological polar surface area (TPSA) is 17.1 Å². The van der Waals surface area contributed by atoms with E-state index in [2.05, 4.69) is 13.5 Å². The van der Waals surface area contributed by atoms with E-state index < -0.39 is 0 Å². The lowest BCUT2D eigenvalue weighted by atomic mass is 9.80. The average molecular weight is 152 g/mol. The van der Waals surface area contributed by atoms with Crippen molar-refractivity contribution in [3.63, 3.8) is 0 Å². The molecule has 1 rings (SSSR count). The lowest BCUT2D eigenvalue weighted by molar-refractivity contribution is -0.125. The van der Waals surface area contributed by atoms with Gasteiger partial charge in [0, 0.05) is 12.3 Å². The van der Waals surface area contributed by atoms with Crippen LogP contribution in [0.2, 0.25) is 0 Å². The van der Waals surface area contributed by atoms with E-state index >= 15 is 0 Å². The molecule has 62 valence electrons. The summed E-state index contributed by atoms with van der Waals surface area (Å²) in [5, 5.41) is 0. The van der Waals surface area contributed by atoms with Gasteiger partial charge in [0.05, 0.1) is 0 Å². The highest BCUT2D eigenvalue weighted by molar-refractivity contribution is 5.82. The first-order valence-electron chi connectivity index (χ1n) is 4.41. The van der Waals surface area contributed by atoms with Crippen LogP contribution in [-0.4, -0.2) is 5.78 Å². The molecule has 0 aromatic heterocycles. The van der Waals surface area contributed by atoms with Crippen molar-refractivity contribution in [2.75, 3.05) is 0 Å². The normalized spacial score (nSPS) is 28.1. The number of hydrogen-bond acceptors (Lipinski definition) is 1. The van der Waals surface area contributed by atoms with E-state index in [1.807, 2.05) is 6.08 Å². The number of carbonyl (C=O) groups excluding carboxylic acids is 1. The van der Waals surface area contributed by atoms with Crippen LogP contribution in [0.5, 0.6) is 0 Å². The van der Waals surface area contributed by atoms with Crippen molar-refractivity contribution in [2.45, 2.75) is 32.6 Å². The zero-order valence-electron chi connectivity index (χ0n) is 7.18. The van der Waals surface area contributed by atoms with Crippen LogP contribution in [-0.2, 0) is 4.79 Å². The summed E-state index contributed by atoms with van der Waals surface area (Å²) in [7, 11) is 0. The number of rotatable bonds is 2. The Bertz CT molecular complexity index is 160. The van der Waals surface area contributed by atoms with Crippen molar-refractivity contribution in [3.8, 4) is 0 Å². The molecule has 1 nitrogen and oxygen atoms in total. The van der Waals surface area contributed by atoms with Crippen LogP contribution in [0.15, 0.2) is 12.7 Å². The molecule has 0 aliphatic heterocycles. The van der Waals surface area contributed by atoms with Crippen molar-refractivity contribution >= 4 is 5.78 Å². The van der Waals surface area contributed by atoms with Crippen LogP contribution in [0.4, 0.5) is 0 Å². The average Bonchev–Trinajstić information content (AvgIpc) is 2.04. The Hall–Kier alpha value is -0.590. The van der Waals surface area contributed by atoms with Crippen LogP contribution >= 0.6 is 0 Å². The number of Topliss-reactive ketones (excluding diaryl/α,β-unsaturated/α-hetero) is 1. The quantitative estimate of drug-likeness (QED) is 0.556. The SMILES string of the molecule is C=C[C@H](C)[C@@H]1CCCCC1=O. The summed E-state index contributed by atoms with van der Waals surface area (Å²) in [5.41, 5.74) is 0. The third-order valence-electron chi connectivity index (χ3n) is 2.61. The molecule has 0 spiro atoms. The molecule has 1 saturated carbocycles. The molecular weight excluding hydrogens is 136 g/mol. The maximum absolute atomic E-state index is 11.3. The van der Waals surface area contributed by atoms with Crippen molar-refractivity contribution in [3.05, 3.63) is 12.7 Å². The molecule has 0 saturated heterocycles. The summed E-state index contributed by atoms with van der Waals surface area (Å²) in [4.78, 5) is 11.3. The van der Waals surface area contributed by atoms with Crippen molar-refractivity contribution in [2.24, 2.45) is 11.8 Å². The third kappa shape index (κ3) is 1.92. The molecule has 0 N–H and O–H groups in total. The van der Waals surface area contributed by atoms with E-state index in [0.717, 1.165) is 19.3 Å². The van der Waals surface area contributed by atoms with Gasteiger partial charge in [-0.15, -0.1) is 6.58 Å². The standard InChI is InChI=1S/C10H16O/c1-3-8(2)9-6-4-5-7-10(9)11/h3,8-9H,1,4-7H2,2H3/t8-,9-/m0/s1. The highest BCUT2D eigenvalue weighted by Crippen LogP contribution is 2.27. The summed E-state index contributed by atoms with van der Waals surface area (Å²) in [6.45, 7) is 5.80. The van der Waals surface area contributed by atoms with E-state index in [4.69, 9.17) is 0 Å². The summed E-state index contributed by atoms with van der Waals surface area (Å²) >= 11 is 0. The summed E-state index contributed by atoms with van der Waals surface area (Å²) in [5.74, 6) is 1.10. The van der Waals surface area contributed by atoms with Gasteiger partial charge in [-0.1, -0.05) is 19.4 Å². The first-order chi connectivity index (χ1) is 5.25. The third-order valence-corrected chi connectivity index (χ3v) is 2.61. The fraction of sp³-hybridized carbons (Fsp3) is 0.700. The molecule has 0 radical (unpaired) electrons. The van der Waals surface area contributed by atoms with Crippen molar-refractivity contribution in [1.82, 2.24) is 0 Å². The molecule has 1 fully saturated rings. The van der Waals surface area contributed by atoms with Crippen LogP contribution in [0, 0.1) is 11.8 Å². The molecule has 1 aliphatic carbocycles. The van der Waals surface area contributed by atoms with Gasteiger partial charge in [-0.05, 0) is 18.8 Å². The van der Waals surface area contributed by atoms with Gasteiger partial charge in [-0.3, -0.25) is 4.79 Å². The molecule has 11 heavy (non-hydrogen) atoms. The molecule has 1 aliphatic rings. The molecule has 0 amide bonds. The first kappa shape index (κ1) is 8.51. The predicted molar refractivity (Wildman–Crippen MR) is 46.3 cm³/mol. The van der Waals surface area contributed by atoms with Gasteiger partial charge in [0.1, 0.15) is 5.78 Å². The Morgan fingerprint density at radius 3 is 2.91 bits per heavy atom. The summed E-state index contributed by atoms with van der Waals surface area (Å²) in [6, 6.07) is 0. The minimum absolute atomic E-state index is 0.279. The van der Waals surface area contributed by atoms with E-state index in [-0.39, 0.29) is 5.92 Å². The maximum Gasteiger partial charge on any atom is 0.136 e.